The first-order valence-electron chi connectivity index (χ1n) is 5.52. The van der Waals surface area contributed by atoms with Gasteiger partial charge in [0.1, 0.15) is 5.82 Å². The van der Waals surface area contributed by atoms with Crippen LogP contribution in [0.25, 0.3) is 11.0 Å². The van der Waals surface area contributed by atoms with Crippen LogP contribution in [0.1, 0.15) is 11.5 Å². The standard InChI is InChI=1S/C12H11FN4O/c1-7-4-9(18-17-7)6-14-12-15-10-3-2-8(13)5-11(10)16-12/h2-5H,6H2,1H3,(H2,14,15,16). The Morgan fingerprint density at radius 3 is 3.06 bits per heavy atom. The number of nitrogens with one attached hydrogen (secondary N) is 2. The van der Waals surface area contributed by atoms with Gasteiger partial charge in [-0.15, -0.1) is 0 Å². The number of hydrogen-bond acceptors (Lipinski definition) is 4. The molecule has 0 spiro atoms. The summed E-state index contributed by atoms with van der Waals surface area (Å²) >= 11 is 0. The molecule has 0 saturated heterocycles. The van der Waals surface area contributed by atoms with Crippen LogP contribution in [0.3, 0.4) is 0 Å². The summed E-state index contributed by atoms with van der Waals surface area (Å²) in [5.74, 6) is 1.01. The van der Waals surface area contributed by atoms with Gasteiger partial charge in [0.25, 0.3) is 0 Å². The number of aromatic amines is 1. The number of rotatable bonds is 3. The van der Waals surface area contributed by atoms with Crippen LogP contribution in [0.5, 0.6) is 0 Å². The highest BCUT2D eigenvalue weighted by Crippen LogP contribution is 2.16. The summed E-state index contributed by atoms with van der Waals surface area (Å²) in [7, 11) is 0. The van der Waals surface area contributed by atoms with Gasteiger partial charge in [-0.2, -0.15) is 0 Å². The molecule has 0 atom stereocenters. The van der Waals surface area contributed by atoms with E-state index in [0.29, 0.717) is 23.5 Å². The van der Waals surface area contributed by atoms with Gasteiger partial charge in [0.2, 0.25) is 5.95 Å². The zero-order chi connectivity index (χ0) is 12.5. The number of hydrogen-bond donors (Lipinski definition) is 2. The van der Waals surface area contributed by atoms with Crippen molar-refractivity contribution in [1.29, 1.82) is 0 Å². The van der Waals surface area contributed by atoms with Crippen molar-refractivity contribution >= 4 is 17.0 Å². The lowest BCUT2D eigenvalue weighted by Gasteiger charge is -1.97. The van der Waals surface area contributed by atoms with Crippen molar-refractivity contribution in [1.82, 2.24) is 15.1 Å². The van der Waals surface area contributed by atoms with Gasteiger partial charge in [0.05, 0.1) is 23.3 Å². The fraction of sp³-hybridized carbons (Fsp3) is 0.167. The van der Waals surface area contributed by atoms with Crippen LogP contribution in [0.4, 0.5) is 10.3 Å². The number of anilines is 1. The van der Waals surface area contributed by atoms with E-state index >= 15 is 0 Å². The summed E-state index contributed by atoms with van der Waals surface area (Å²) in [4.78, 5) is 7.27. The maximum absolute atomic E-state index is 13.0. The van der Waals surface area contributed by atoms with Gasteiger partial charge in [0, 0.05) is 6.07 Å². The number of imidazole rings is 1. The highest BCUT2D eigenvalue weighted by molar-refractivity contribution is 5.77. The van der Waals surface area contributed by atoms with Crippen LogP contribution < -0.4 is 5.32 Å². The quantitative estimate of drug-likeness (QED) is 0.745. The summed E-state index contributed by atoms with van der Waals surface area (Å²) < 4.78 is 18.1. The fourth-order valence-electron chi connectivity index (χ4n) is 1.74. The lowest BCUT2D eigenvalue weighted by atomic mass is 10.3. The number of halogens is 1. The van der Waals surface area contributed by atoms with Crippen LogP contribution in [0.15, 0.2) is 28.8 Å². The van der Waals surface area contributed by atoms with E-state index in [-0.39, 0.29) is 5.82 Å². The molecule has 0 aliphatic rings. The number of H-pyrrole nitrogens is 1. The predicted octanol–water partition coefficient (Wildman–Crippen LogP) is 2.61. The van der Waals surface area contributed by atoms with Crippen molar-refractivity contribution in [3.63, 3.8) is 0 Å². The second-order valence-corrected chi connectivity index (χ2v) is 4.04. The van der Waals surface area contributed by atoms with Crippen molar-refractivity contribution in [2.45, 2.75) is 13.5 Å². The molecule has 0 radical (unpaired) electrons. The Bertz CT molecular complexity index is 688. The highest BCUT2D eigenvalue weighted by atomic mass is 19.1. The Morgan fingerprint density at radius 2 is 2.28 bits per heavy atom. The smallest absolute Gasteiger partial charge is 0.201 e. The molecule has 0 unspecified atom stereocenters. The number of benzene rings is 1. The molecule has 0 bridgehead atoms. The molecule has 92 valence electrons. The summed E-state index contributed by atoms with van der Waals surface area (Å²) in [5.41, 5.74) is 2.21. The van der Waals surface area contributed by atoms with Crippen molar-refractivity contribution < 1.29 is 8.91 Å². The Hall–Kier alpha value is -2.37. The van der Waals surface area contributed by atoms with Gasteiger partial charge in [-0.25, -0.2) is 9.37 Å². The molecule has 0 amide bonds. The molecule has 0 aliphatic heterocycles. The summed E-state index contributed by atoms with van der Waals surface area (Å²) in [5, 5.41) is 6.85. The SMILES string of the molecule is Cc1cc(CNc2nc3ccc(F)cc3[nH]2)on1. The van der Waals surface area contributed by atoms with Crippen molar-refractivity contribution in [2.75, 3.05) is 5.32 Å². The Morgan fingerprint density at radius 1 is 1.39 bits per heavy atom. The topological polar surface area (TPSA) is 66.7 Å². The van der Waals surface area contributed by atoms with Crippen molar-refractivity contribution in [2.24, 2.45) is 0 Å². The Kier molecular flexibility index (Phi) is 2.47. The van der Waals surface area contributed by atoms with Crippen LogP contribution >= 0.6 is 0 Å². The Balaban J connectivity index is 1.78. The third kappa shape index (κ3) is 2.04. The molecule has 0 aliphatic carbocycles. The molecule has 2 heterocycles. The zero-order valence-electron chi connectivity index (χ0n) is 9.70. The van der Waals surface area contributed by atoms with E-state index in [9.17, 15) is 4.39 Å². The van der Waals surface area contributed by atoms with Gasteiger partial charge < -0.3 is 14.8 Å². The first-order chi connectivity index (χ1) is 8.70. The molecular formula is C12H11FN4O. The molecule has 6 heteroatoms. The number of fused-ring (bicyclic) bond motifs is 1. The minimum atomic E-state index is -0.288. The van der Waals surface area contributed by atoms with E-state index in [0.717, 1.165) is 11.5 Å². The van der Waals surface area contributed by atoms with Gasteiger partial charge >= 0.3 is 0 Å². The first-order valence-corrected chi connectivity index (χ1v) is 5.52. The highest BCUT2D eigenvalue weighted by Gasteiger charge is 2.05. The maximum atomic E-state index is 13.0. The molecule has 5 nitrogen and oxygen atoms in total. The van der Waals surface area contributed by atoms with Crippen LogP contribution in [0.2, 0.25) is 0 Å². The third-order valence-corrected chi connectivity index (χ3v) is 2.55. The lowest BCUT2D eigenvalue weighted by molar-refractivity contribution is 0.384. The number of aryl methyl sites for hydroxylation is 1. The molecule has 18 heavy (non-hydrogen) atoms. The van der Waals surface area contributed by atoms with Crippen LogP contribution in [0, 0.1) is 12.7 Å². The minimum Gasteiger partial charge on any atom is -0.359 e. The second kappa shape index (κ2) is 4.14. The molecule has 2 N–H and O–H groups in total. The van der Waals surface area contributed by atoms with E-state index in [2.05, 4.69) is 20.4 Å². The van der Waals surface area contributed by atoms with Gasteiger partial charge in [-0.1, -0.05) is 5.16 Å². The van der Waals surface area contributed by atoms with Crippen LogP contribution in [-0.2, 0) is 6.54 Å². The molecular weight excluding hydrogens is 235 g/mol. The van der Waals surface area contributed by atoms with E-state index in [1.165, 1.54) is 12.1 Å². The second-order valence-electron chi connectivity index (χ2n) is 4.04. The molecule has 0 saturated carbocycles. The average molecular weight is 246 g/mol. The fourth-order valence-corrected chi connectivity index (χ4v) is 1.74. The van der Waals surface area contributed by atoms with Crippen molar-refractivity contribution in [3.8, 4) is 0 Å². The summed E-state index contributed by atoms with van der Waals surface area (Å²) in [6.07, 6.45) is 0. The molecule has 0 fully saturated rings. The van der Waals surface area contributed by atoms with Gasteiger partial charge in [0.15, 0.2) is 5.76 Å². The summed E-state index contributed by atoms with van der Waals surface area (Å²) in [6.45, 7) is 2.33. The lowest BCUT2D eigenvalue weighted by Crippen LogP contribution is -1.99. The molecule has 2 aromatic heterocycles. The first kappa shape index (κ1) is 10.8. The average Bonchev–Trinajstić information content (AvgIpc) is 2.92. The largest absolute Gasteiger partial charge is 0.359 e. The predicted molar refractivity (Wildman–Crippen MR) is 64.6 cm³/mol. The van der Waals surface area contributed by atoms with Gasteiger partial charge in [-0.05, 0) is 25.1 Å². The monoisotopic (exact) mass is 246 g/mol. The number of aromatic nitrogens is 3. The van der Waals surface area contributed by atoms with Gasteiger partial charge in [-0.3, -0.25) is 0 Å². The number of nitrogens with zero attached hydrogens (tertiary/aromatic N) is 2. The minimum absolute atomic E-state index is 0.288. The molecule has 3 rings (SSSR count). The third-order valence-electron chi connectivity index (χ3n) is 2.55. The zero-order valence-corrected chi connectivity index (χ0v) is 9.70. The van der Waals surface area contributed by atoms with Crippen molar-refractivity contribution in [3.05, 3.63) is 41.5 Å². The molecule has 1 aromatic carbocycles. The van der Waals surface area contributed by atoms with Crippen LogP contribution in [-0.4, -0.2) is 15.1 Å². The van der Waals surface area contributed by atoms with E-state index in [1.54, 1.807) is 6.07 Å². The Labute approximate surface area is 102 Å². The summed E-state index contributed by atoms with van der Waals surface area (Å²) in [6, 6.07) is 6.26. The van der Waals surface area contributed by atoms with E-state index in [1.807, 2.05) is 13.0 Å². The van der Waals surface area contributed by atoms with E-state index < -0.39 is 0 Å². The van der Waals surface area contributed by atoms with E-state index in [4.69, 9.17) is 4.52 Å². The maximum Gasteiger partial charge on any atom is 0.201 e. The molecule has 3 aromatic rings. The normalized spacial score (nSPS) is 11.0.